The third-order valence-electron chi connectivity index (χ3n) is 4.41. The fourth-order valence-electron chi connectivity index (χ4n) is 3.03. The van der Waals surface area contributed by atoms with Crippen molar-refractivity contribution in [2.45, 2.75) is 62.3 Å². The van der Waals surface area contributed by atoms with Gasteiger partial charge in [0.05, 0.1) is 23.6 Å². The number of aliphatic hydroxyl groups is 1. The van der Waals surface area contributed by atoms with Gasteiger partial charge in [-0.1, -0.05) is 11.6 Å². The van der Waals surface area contributed by atoms with Gasteiger partial charge in [0, 0.05) is 17.6 Å². The number of carbonyl (C=O) groups is 1. The summed E-state index contributed by atoms with van der Waals surface area (Å²) in [5.41, 5.74) is 0. The lowest BCUT2D eigenvalue weighted by atomic mass is 9.97. The molecule has 1 aromatic carbocycles. The number of sulfonamides is 1. The number of rotatable bonds is 8. The summed E-state index contributed by atoms with van der Waals surface area (Å²) < 4.78 is 32.9. The van der Waals surface area contributed by atoms with Crippen LogP contribution >= 0.6 is 11.6 Å². The second-order valence-electron chi connectivity index (χ2n) is 7.08. The Bertz CT molecular complexity index is 742. The number of urea groups is 1. The first-order chi connectivity index (χ1) is 13.2. The lowest BCUT2D eigenvalue weighted by Gasteiger charge is -2.36. The lowest BCUT2D eigenvalue weighted by Crippen LogP contribution is -2.54. The number of benzene rings is 1. The van der Waals surface area contributed by atoms with Gasteiger partial charge in [0.1, 0.15) is 6.10 Å². The van der Waals surface area contributed by atoms with Gasteiger partial charge >= 0.3 is 6.03 Å². The second-order valence-corrected chi connectivity index (χ2v) is 9.28. The van der Waals surface area contributed by atoms with Crippen LogP contribution in [0.4, 0.5) is 4.79 Å². The Morgan fingerprint density at radius 3 is 2.57 bits per heavy atom. The van der Waals surface area contributed by atoms with Crippen LogP contribution in [0, 0.1) is 0 Å². The summed E-state index contributed by atoms with van der Waals surface area (Å²) in [5.74, 6) is 0. The molecule has 0 bridgehead atoms. The highest BCUT2D eigenvalue weighted by Crippen LogP contribution is 2.22. The molecule has 8 nitrogen and oxygen atoms in total. The molecular weight excluding hydrogens is 406 g/mol. The molecule has 0 unspecified atom stereocenters. The highest BCUT2D eigenvalue weighted by Gasteiger charge is 2.32. The number of hydrogen-bond donors (Lipinski definition) is 4. The second kappa shape index (κ2) is 10.4. The minimum atomic E-state index is -3.61. The molecule has 158 valence electrons. The summed E-state index contributed by atoms with van der Waals surface area (Å²) in [7, 11) is -3.61. The Kier molecular flexibility index (Phi) is 8.51. The number of carbonyl (C=O) groups excluding carboxylic acids is 1. The van der Waals surface area contributed by atoms with Crippen molar-refractivity contribution in [2.75, 3.05) is 13.2 Å². The van der Waals surface area contributed by atoms with Crippen molar-refractivity contribution in [1.82, 2.24) is 15.4 Å². The van der Waals surface area contributed by atoms with Crippen LogP contribution in [-0.4, -0.2) is 57.0 Å². The van der Waals surface area contributed by atoms with E-state index >= 15 is 0 Å². The van der Waals surface area contributed by atoms with E-state index in [1.54, 1.807) is 0 Å². The molecular formula is C18H28ClN3O5S. The van der Waals surface area contributed by atoms with Gasteiger partial charge in [-0.05, 0) is 57.4 Å². The first-order valence-corrected chi connectivity index (χ1v) is 11.2. The van der Waals surface area contributed by atoms with Crippen molar-refractivity contribution in [1.29, 1.82) is 0 Å². The maximum Gasteiger partial charge on any atom is 0.315 e. The molecule has 28 heavy (non-hydrogen) atoms. The Hall–Kier alpha value is -1.39. The van der Waals surface area contributed by atoms with Crippen LogP contribution in [0.15, 0.2) is 29.2 Å². The van der Waals surface area contributed by atoms with Crippen molar-refractivity contribution in [3.8, 4) is 0 Å². The molecule has 10 heteroatoms. The molecule has 0 spiro atoms. The van der Waals surface area contributed by atoms with Crippen molar-refractivity contribution in [3.63, 3.8) is 0 Å². The zero-order chi connectivity index (χ0) is 20.7. The predicted octanol–water partition coefficient (Wildman–Crippen LogP) is 1.62. The Labute approximate surface area is 171 Å². The van der Waals surface area contributed by atoms with E-state index in [2.05, 4.69) is 15.4 Å². The quantitative estimate of drug-likeness (QED) is 0.497. The number of ether oxygens (including phenoxy) is 1. The van der Waals surface area contributed by atoms with Crippen LogP contribution < -0.4 is 15.4 Å². The van der Waals surface area contributed by atoms with Gasteiger partial charge in [-0.3, -0.25) is 0 Å². The fraction of sp³-hybridized carbons (Fsp3) is 0.611. The zero-order valence-electron chi connectivity index (χ0n) is 16.0. The van der Waals surface area contributed by atoms with Gasteiger partial charge in [0.25, 0.3) is 0 Å². The molecule has 2 rings (SSSR count). The van der Waals surface area contributed by atoms with E-state index in [1.807, 2.05) is 13.8 Å². The standard InChI is InChI=1S/C18H28ClN3O5S/c1-12(2)21-18(24)22-16-8-5-14(27-17(16)11-23)9-10-20-28(25,26)15-6-3-13(19)4-7-15/h3-4,6-7,12,14,16-17,20,23H,5,8-11H2,1-2H3,(H2,21,22,24)/t14-,16+,17-/m0/s1. The van der Waals surface area contributed by atoms with E-state index in [0.29, 0.717) is 24.3 Å². The van der Waals surface area contributed by atoms with Crippen molar-refractivity contribution in [3.05, 3.63) is 29.3 Å². The van der Waals surface area contributed by atoms with Crippen molar-refractivity contribution >= 4 is 27.7 Å². The molecule has 1 heterocycles. The van der Waals surface area contributed by atoms with E-state index in [0.717, 1.165) is 0 Å². The molecule has 1 aromatic rings. The smallest absolute Gasteiger partial charge is 0.315 e. The summed E-state index contributed by atoms with van der Waals surface area (Å²) in [6.45, 7) is 3.71. The molecule has 2 amide bonds. The minimum Gasteiger partial charge on any atom is -0.394 e. The number of hydrogen-bond acceptors (Lipinski definition) is 5. The van der Waals surface area contributed by atoms with Gasteiger partial charge in [-0.15, -0.1) is 0 Å². The maximum atomic E-state index is 12.3. The van der Waals surface area contributed by atoms with Crippen molar-refractivity contribution < 1.29 is 23.1 Å². The first-order valence-electron chi connectivity index (χ1n) is 9.30. The third-order valence-corrected chi connectivity index (χ3v) is 6.14. The summed E-state index contributed by atoms with van der Waals surface area (Å²) in [6.07, 6.45) is 1.05. The summed E-state index contributed by atoms with van der Waals surface area (Å²) in [5, 5.41) is 15.6. The van der Waals surface area contributed by atoms with Crippen LogP contribution in [0.1, 0.15) is 33.1 Å². The molecule has 1 fully saturated rings. The molecule has 0 aromatic heterocycles. The van der Waals surface area contributed by atoms with E-state index in [9.17, 15) is 18.3 Å². The summed E-state index contributed by atoms with van der Waals surface area (Å²) in [6, 6.07) is 5.37. The van der Waals surface area contributed by atoms with E-state index in [1.165, 1.54) is 24.3 Å². The van der Waals surface area contributed by atoms with Gasteiger partial charge in [0.15, 0.2) is 0 Å². The number of amides is 2. The van der Waals surface area contributed by atoms with Crippen LogP contribution in [0.2, 0.25) is 5.02 Å². The third kappa shape index (κ3) is 6.89. The van der Waals surface area contributed by atoms with Crippen LogP contribution in [0.25, 0.3) is 0 Å². The number of nitrogens with one attached hydrogen (secondary N) is 3. The van der Waals surface area contributed by atoms with Gasteiger partial charge in [-0.25, -0.2) is 17.9 Å². The fourth-order valence-corrected chi connectivity index (χ4v) is 4.21. The van der Waals surface area contributed by atoms with E-state index < -0.39 is 16.1 Å². The molecule has 0 aliphatic carbocycles. The normalized spacial score (nSPS) is 22.8. The zero-order valence-corrected chi connectivity index (χ0v) is 17.6. The molecule has 1 aliphatic rings. The monoisotopic (exact) mass is 433 g/mol. The molecule has 4 N–H and O–H groups in total. The van der Waals surface area contributed by atoms with Crippen LogP contribution in [0.3, 0.4) is 0 Å². The largest absolute Gasteiger partial charge is 0.394 e. The van der Waals surface area contributed by atoms with Crippen molar-refractivity contribution in [2.24, 2.45) is 0 Å². The van der Waals surface area contributed by atoms with Gasteiger partial charge in [0.2, 0.25) is 10.0 Å². The number of aliphatic hydroxyl groups excluding tert-OH is 1. The van der Waals surface area contributed by atoms with Crippen LogP contribution in [-0.2, 0) is 14.8 Å². The van der Waals surface area contributed by atoms with Crippen LogP contribution in [0.5, 0.6) is 0 Å². The topological polar surface area (TPSA) is 117 Å². The van der Waals surface area contributed by atoms with Gasteiger partial charge < -0.3 is 20.5 Å². The molecule has 0 saturated carbocycles. The average Bonchev–Trinajstić information content (AvgIpc) is 2.62. The minimum absolute atomic E-state index is 0.0125. The Morgan fingerprint density at radius 2 is 1.96 bits per heavy atom. The summed E-state index contributed by atoms with van der Waals surface area (Å²) >= 11 is 5.78. The van der Waals surface area contributed by atoms with E-state index in [4.69, 9.17) is 16.3 Å². The number of halogens is 1. The van der Waals surface area contributed by atoms with E-state index in [-0.39, 0.29) is 42.3 Å². The highest BCUT2D eigenvalue weighted by molar-refractivity contribution is 7.89. The molecule has 0 radical (unpaired) electrons. The lowest BCUT2D eigenvalue weighted by molar-refractivity contribution is -0.0886. The summed E-state index contributed by atoms with van der Waals surface area (Å²) in [4.78, 5) is 12.0. The predicted molar refractivity (Wildman–Crippen MR) is 107 cm³/mol. The highest BCUT2D eigenvalue weighted by atomic mass is 35.5. The first kappa shape index (κ1) is 22.9. The average molecular weight is 434 g/mol. The Balaban J connectivity index is 1.81. The molecule has 3 atom stereocenters. The molecule has 1 saturated heterocycles. The van der Waals surface area contributed by atoms with Gasteiger partial charge in [-0.2, -0.15) is 0 Å². The maximum absolute atomic E-state index is 12.3. The SMILES string of the molecule is CC(C)NC(=O)N[C@@H]1CC[C@@H](CCNS(=O)(=O)c2ccc(Cl)cc2)O[C@H]1CO. The Morgan fingerprint density at radius 1 is 1.29 bits per heavy atom. The molecule has 1 aliphatic heterocycles.